The fraction of sp³-hybridized carbons (Fsp3) is 0.182. The number of carbonyl (C=O) groups excluding carboxylic acids is 1. The first-order chi connectivity index (χ1) is 15.1. The molecule has 9 heteroatoms. The molecule has 31 heavy (non-hydrogen) atoms. The summed E-state index contributed by atoms with van der Waals surface area (Å²) in [7, 11) is 0. The van der Waals surface area contributed by atoms with E-state index in [1.165, 1.54) is 23.1 Å². The highest BCUT2D eigenvalue weighted by molar-refractivity contribution is 8.00. The van der Waals surface area contributed by atoms with E-state index in [4.69, 9.17) is 4.74 Å². The van der Waals surface area contributed by atoms with Crippen molar-refractivity contribution in [2.45, 2.75) is 30.4 Å². The van der Waals surface area contributed by atoms with Gasteiger partial charge in [0.15, 0.2) is 22.2 Å². The molecule has 0 saturated heterocycles. The molecule has 0 radical (unpaired) electrons. The van der Waals surface area contributed by atoms with Crippen LogP contribution in [-0.4, -0.2) is 30.9 Å². The Labute approximate surface area is 188 Å². The van der Waals surface area contributed by atoms with Gasteiger partial charge >= 0.3 is 0 Å². The average Bonchev–Trinajstić information content (AvgIpc) is 3.45. The summed E-state index contributed by atoms with van der Waals surface area (Å²) in [6.45, 7) is 3.77. The molecule has 4 rings (SSSR count). The second kappa shape index (κ2) is 9.76. The minimum atomic E-state index is -0.395. The maximum atomic E-state index is 12.6. The molecule has 4 aromatic rings. The van der Waals surface area contributed by atoms with Crippen LogP contribution in [0.4, 0.5) is 5.13 Å². The van der Waals surface area contributed by atoms with Crippen LogP contribution in [0, 0.1) is 0 Å². The summed E-state index contributed by atoms with van der Waals surface area (Å²) in [6, 6.07) is 19.4. The Hall–Kier alpha value is -3.17. The number of thioether (sulfide) groups is 1. The first-order valence-corrected chi connectivity index (χ1v) is 11.5. The fourth-order valence-corrected chi connectivity index (χ4v) is 4.31. The SMILES string of the molecule is C[C@H](Sc1nnc([C@@H](C)Oc2ccccc2)n1-c1ccccc1)C(=O)Nc1nccs1. The Morgan fingerprint density at radius 1 is 1.06 bits per heavy atom. The molecule has 0 saturated carbocycles. The minimum absolute atomic E-state index is 0.141. The smallest absolute Gasteiger partial charge is 0.239 e. The second-order valence-corrected chi connectivity index (χ2v) is 8.87. The third kappa shape index (κ3) is 5.12. The number of benzene rings is 2. The predicted octanol–water partition coefficient (Wildman–Crippen LogP) is 4.98. The van der Waals surface area contributed by atoms with Crippen LogP contribution in [0.5, 0.6) is 5.75 Å². The van der Waals surface area contributed by atoms with Crippen LogP contribution in [-0.2, 0) is 4.79 Å². The lowest BCUT2D eigenvalue weighted by Crippen LogP contribution is -2.23. The van der Waals surface area contributed by atoms with Gasteiger partial charge in [-0.15, -0.1) is 21.5 Å². The molecule has 2 atom stereocenters. The van der Waals surface area contributed by atoms with Crippen molar-refractivity contribution in [3.63, 3.8) is 0 Å². The highest BCUT2D eigenvalue weighted by Crippen LogP contribution is 2.30. The summed E-state index contributed by atoms with van der Waals surface area (Å²) in [4.78, 5) is 16.7. The number of rotatable bonds is 8. The van der Waals surface area contributed by atoms with Crippen LogP contribution in [0.15, 0.2) is 77.4 Å². The van der Waals surface area contributed by atoms with Crippen molar-refractivity contribution in [2.24, 2.45) is 0 Å². The molecular weight excluding hydrogens is 430 g/mol. The second-order valence-electron chi connectivity index (χ2n) is 6.67. The molecule has 2 aromatic carbocycles. The Morgan fingerprint density at radius 3 is 2.45 bits per heavy atom. The lowest BCUT2D eigenvalue weighted by Gasteiger charge is -2.17. The zero-order valence-electron chi connectivity index (χ0n) is 17.0. The van der Waals surface area contributed by atoms with Gasteiger partial charge in [-0.05, 0) is 38.1 Å². The van der Waals surface area contributed by atoms with E-state index in [0.29, 0.717) is 16.1 Å². The molecule has 1 N–H and O–H groups in total. The third-order valence-electron chi connectivity index (χ3n) is 4.41. The summed E-state index contributed by atoms with van der Waals surface area (Å²) in [5, 5.41) is 14.2. The van der Waals surface area contributed by atoms with Gasteiger partial charge in [-0.25, -0.2) is 4.98 Å². The molecule has 0 aliphatic heterocycles. The summed E-state index contributed by atoms with van der Waals surface area (Å²) >= 11 is 2.72. The zero-order valence-corrected chi connectivity index (χ0v) is 18.6. The molecular formula is C22H21N5O2S2. The normalized spacial score (nSPS) is 12.8. The maximum absolute atomic E-state index is 12.6. The number of amides is 1. The Morgan fingerprint density at radius 2 is 1.77 bits per heavy atom. The molecule has 1 amide bonds. The van der Waals surface area contributed by atoms with E-state index in [1.54, 1.807) is 6.20 Å². The van der Waals surface area contributed by atoms with Crippen molar-refractivity contribution in [1.82, 2.24) is 19.7 Å². The summed E-state index contributed by atoms with van der Waals surface area (Å²) < 4.78 is 8.02. The number of thiazole rings is 1. The minimum Gasteiger partial charge on any atom is -0.483 e. The van der Waals surface area contributed by atoms with Crippen molar-refractivity contribution in [1.29, 1.82) is 0 Å². The molecule has 0 spiro atoms. The average molecular weight is 452 g/mol. The number of nitrogens with one attached hydrogen (secondary N) is 1. The number of aromatic nitrogens is 4. The van der Waals surface area contributed by atoms with Gasteiger partial charge < -0.3 is 10.1 Å². The van der Waals surface area contributed by atoms with E-state index in [-0.39, 0.29) is 12.0 Å². The summed E-state index contributed by atoms with van der Waals surface area (Å²) in [5.74, 6) is 1.27. The van der Waals surface area contributed by atoms with Crippen LogP contribution in [0.25, 0.3) is 5.69 Å². The van der Waals surface area contributed by atoms with Crippen molar-refractivity contribution in [2.75, 3.05) is 5.32 Å². The van der Waals surface area contributed by atoms with Gasteiger partial charge in [0.25, 0.3) is 0 Å². The Kier molecular flexibility index (Phi) is 6.63. The number of nitrogens with zero attached hydrogens (tertiary/aromatic N) is 4. The van der Waals surface area contributed by atoms with Crippen LogP contribution < -0.4 is 10.1 Å². The first kappa shape index (κ1) is 21.1. The number of para-hydroxylation sites is 2. The van der Waals surface area contributed by atoms with Gasteiger partial charge in [0.05, 0.1) is 5.25 Å². The fourth-order valence-electron chi connectivity index (χ4n) is 2.90. The third-order valence-corrected chi connectivity index (χ3v) is 6.14. The number of anilines is 1. The lowest BCUT2D eigenvalue weighted by molar-refractivity contribution is -0.115. The van der Waals surface area contributed by atoms with E-state index < -0.39 is 5.25 Å². The molecule has 0 aliphatic rings. The molecule has 2 heterocycles. The van der Waals surface area contributed by atoms with Crippen LogP contribution in [0.3, 0.4) is 0 Å². The number of hydrogen-bond donors (Lipinski definition) is 1. The Bertz CT molecular complexity index is 1120. The largest absolute Gasteiger partial charge is 0.483 e. The highest BCUT2D eigenvalue weighted by Gasteiger charge is 2.24. The predicted molar refractivity (Wildman–Crippen MR) is 123 cm³/mol. The van der Waals surface area contributed by atoms with Crippen LogP contribution in [0.2, 0.25) is 0 Å². The van der Waals surface area contributed by atoms with Crippen molar-refractivity contribution < 1.29 is 9.53 Å². The first-order valence-electron chi connectivity index (χ1n) is 9.71. The van der Waals surface area contributed by atoms with Crippen molar-refractivity contribution in [3.8, 4) is 11.4 Å². The topological polar surface area (TPSA) is 81.9 Å². The number of ether oxygens (including phenoxy) is 1. The zero-order chi connectivity index (χ0) is 21.6. The van der Waals surface area contributed by atoms with E-state index in [2.05, 4.69) is 20.5 Å². The van der Waals surface area contributed by atoms with Gasteiger partial charge in [0.2, 0.25) is 5.91 Å². The molecule has 2 aromatic heterocycles. The summed E-state index contributed by atoms with van der Waals surface area (Å²) in [5.41, 5.74) is 0.904. The molecule has 158 valence electrons. The van der Waals surface area contributed by atoms with Crippen LogP contribution in [0.1, 0.15) is 25.8 Å². The molecule has 7 nitrogen and oxygen atoms in total. The van der Waals surface area contributed by atoms with Gasteiger partial charge in [-0.1, -0.05) is 48.2 Å². The van der Waals surface area contributed by atoms with Gasteiger partial charge in [0, 0.05) is 17.3 Å². The summed E-state index contributed by atoms with van der Waals surface area (Å²) in [6.07, 6.45) is 1.31. The van der Waals surface area contributed by atoms with Crippen molar-refractivity contribution in [3.05, 3.63) is 78.1 Å². The number of carbonyl (C=O) groups is 1. The monoisotopic (exact) mass is 451 g/mol. The molecule has 0 aliphatic carbocycles. The standard InChI is InChI=1S/C22H21N5O2S2/c1-15(29-18-11-7-4-8-12-18)19-25-26-22(27(19)17-9-5-3-6-10-17)31-16(2)20(28)24-21-23-13-14-30-21/h3-16H,1-2H3,(H,23,24,28)/t15-,16+/m1/s1. The molecule has 0 fully saturated rings. The van der Waals surface area contributed by atoms with Crippen molar-refractivity contribution >= 4 is 34.1 Å². The van der Waals surface area contributed by atoms with Gasteiger partial charge in [0.1, 0.15) is 5.75 Å². The maximum Gasteiger partial charge on any atom is 0.239 e. The molecule has 0 unspecified atom stereocenters. The highest BCUT2D eigenvalue weighted by atomic mass is 32.2. The molecule has 0 bridgehead atoms. The lowest BCUT2D eigenvalue weighted by atomic mass is 10.3. The van der Waals surface area contributed by atoms with Gasteiger partial charge in [-0.2, -0.15) is 0 Å². The van der Waals surface area contributed by atoms with Gasteiger partial charge in [-0.3, -0.25) is 9.36 Å². The number of hydrogen-bond acceptors (Lipinski definition) is 7. The van der Waals surface area contributed by atoms with E-state index in [0.717, 1.165) is 11.4 Å². The van der Waals surface area contributed by atoms with Crippen LogP contribution >= 0.6 is 23.1 Å². The van der Waals surface area contributed by atoms with E-state index in [9.17, 15) is 4.79 Å². The van der Waals surface area contributed by atoms with E-state index in [1.807, 2.05) is 84.5 Å². The van der Waals surface area contributed by atoms with E-state index >= 15 is 0 Å². The Balaban J connectivity index is 1.59. The quantitative estimate of drug-likeness (QED) is 0.380.